The fraction of sp³-hybridized carbons (Fsp3) is 0.333. The van der Waals surface area contributed by atoms with Crippen LogP contribution in [0.1, 0.15) is 11.1 Å². The van der Waals surface area contributed by atoms with Gasteiger partial charge >= 0.3 is 0 Å². The average Bonchev–Trinajstić information content (AvgIpc) is 2.55. The molecule has 0 atom stereocenters. The van der Waals surface area contributed by atoms with E-state index in [9.17, 15) is 0 Å². The van der Waals surface area contributed by atoms with Crippen LogP contribution >= 0.6 is 11.8 Å². The summed E-state index contributed by atoms with van der Waals surface area (Å²) < 4.78 is 11.2. The number of aliphatic hydroxyl groups is 1. The Morgan fingerprint density at radius 1 is 1.00 bits per heavy atom. The van der Waals surface area contributed by atoms with E-state index in [0.29, 0.717) is 0 Å². The molecule has 22 heavy (non-hydrogen) atoms. The molecule has 2 aromatic rings. The molecular formula is C18H22O3S. The highest BCUT2D eigenvalue weighted by Gasteiger charge is 2.14. The van der Waals surface area contributed by atoms with Crippen molar-refractivity contribution in [2.75, 3.05) is 26.6 Å². The number of thioether (sulfide) groups is 1. The molecule has 118 valence electrons. The van der Waals surface area contributed by atoms with Gasteiger partial charge in [0.15, 0.2) is 0 Å². The molecular weight excluding hydrogens is 296 g/mol. The Labute approximate surface area is 136 Å². The largest absolute Gasteiger partial charge is 0.496 e. The summed E-state index contributed by atoms with van der Waals surface area (Å²) in [7, 11) is 3.36. The molecule has 0 saturated heterocycles. The van der Waals surface area contributed by atoms with Crippen molar-refractivity contribution in [3.63, 3.8) is 0 Å². The first kappa shape index (κ1) is 16.7. The molecule has 0 fully saturated rings. The highest BCUT2D eigenvalue weighted by molar-refractivity contribution is 7.98. The molecule has 0 heterocycles. The van der Waals surface area contributed by atoms with E-state index >= 15 is 0 Å². The molecule has 0 radical (unpaired) electrons. The van der Waals surface area contributed by atoms with Crippen LogP contribution < -0.4 is 9.47 Å². The van der Waals surface area contributed by atoms with Crippen molar-refractivity contribution in [1.82, 2.24) is 0 Å². The summed E-state index contributed by atoms with van der Waals surface area (Å²) in [5.74, 6) is 3.16. The van der Waals surface area contributed by atoms with Gasteiger partial charge in [-0.15, -0.1) is 0 Å². The third kappa shape index (κ3) is 3.96. The van der Waals surface area contributed by atoms with Crippen LogP contribution in [0.25, 0.3) is 11.1 Å². The van der Waals surface area contributed by atoms with Crippen LogP contribution in [-0.2, 0) is 5.75 Å². The van der Waals surface area contributed by atoms with Crippen LogP contribution in [0.2, 0.25) is 0 Å². The van der Waals surface area contributed by atoms with Crippen molar-refractivity contribution in [1.29, 1.82) is 0 Å². The molecule has 0 bridgehead atoms. The number of benzene rings is 2. The van der Waals surface area contributed by atoms with Crippen molar-refractivity contribution in [2.45, 2.75) is 12.7 Å². The van der Waals surface area contributed by atoms with Gasteiger partial charge in [-0.2, -0.15) is 11.8 Å². The lowest BCUT2D eigenvalue weighted by molar-refractivity contribution is 0.322. The maximum Gasteiger partial charge on any atom is 0.130 e. The van der Waals surface area contributed by atoms with Crippen molar-refractivity contribution in [2.24, 2.45) is 0 Å². The highest BCUT2D eigenvalue weighted by Crippen LogP contribution is 2.40. The topological polar surface area (TPSA) is 38.7 Å². The number of aryl methyl sites for hydroxylation is 1. The molecule has 2 aromatic carbocycles. The second-order valence-corrected chi connectivity index (χ2v) is 6.12. The van der Waals surface area contributed by atoms with Gasteiger partial charge in [-0.05, 0) is 30.2 Å². The van der Waals surface area contributed by atoms with Crippen LogP contribution in [0.4, 0.5) is 0 Å². The third-order valence-electron chi connectivity index (χ3n) is 3.41. The molecule has 4 heteroatoms. The lowest BCUT2D eigenvalue weighted by Crippen LogP contribution is -1.96. The van der Waals surface area contributed by atoms with E-state index < -0.39 is 0 Å². The maximum absolute atomic E-state index is 8.89. The van der Waals surface area contributed by atoms with Gasteiger partial charge < -0.3 is 14.6 Å². The van der Waals surface area contributed by atoms with Crippen LogP contribution in [0.3, 0.4) is 0 Å². The standard InChI is InChI=1S/C18H22O3S/c1-13-4-6-15(7-5-13)18-16(20-2)10-14(11-17(18)21-3)12-22-9-8-19/h4-7,10-11,19H,8-9,12H2,1-3H3. The average molecular weight is 318 g/mol. The Morgan fingerprint density at radius 2 is 1.59 bits per heavy atom. The summed E-state index contributed by atoms with van der Waals surface area (Å²) in [5.41, 5.74) is 4.40. The number of hydrogen-bond donors (Lipinski definition) is 1. The minimum atomic E-state index is 0.195. The van der Waals surface area contributed by atoms with E-state index in [0.717, 1.165) is 39.7 Å². The molecule has 0 amide bonds. The first-order valence-corrected chi connectivity index (χ1v) is 8.35. The fourth-order valence-electron chi connectivity index (χ4n) is 2.31. The van der Waals surface area contributed by atoms with Crippen molar-refractivity contribution < 1.29 is 14.6 Å². The number of rotatable bonds is 7. The fourth-order valence-corrected chi connectivity index (χ4v) is 2.98. The molecule has 0 spiro atoms. The molecule has 0 aliphatic rings. The molecule has 0 aromatic heterocycles. The van der Waals surface area contributed by atoms with Gasteiger partial charge in [0.2, 0.25) is 0 Å². The van der Waals surface area contributed by atoms with E-state index in [4.69, 9.17) is 14.6 Å². The highest BCUT2D eigenvalue weighted by atomic mass is 32.2. The molecule has 0 aliphatic heterocycles. The Bertz CT molecular complexity index is 583. The third-order valence-corrected chi connectivity index (χ3v) is 4.42. The summed E-state index contributed by atoms with van der Waals surface area (Å²) in [6.07, 6.45) is 0. The summed E-state index contributed by atoms with van der Waals surface area (Å²) >= 11 is 1.69. The van der Waals surface area contributed by atoms with Gasteiger partial charge in [0.25, 0.3) is 0 Å². The van der Waals surface area contributed by atoms with E-state index in [1.165, 1.54) is 5.56 Å². The first-order valence-electron chi connectivity index (χ1n) is 7.20. The van der Waals surface area contributed by atoms with Gasteiger partial charge in [0, 0.05) is 11.5 Å². The van der Waals surface area contributed by atoms with Gasteiger partial charge in [0.1, 0.15) is 11.5 Å². The Balaban J connectivity index is 2.41. The van der Waals surface area contributed by atoms with E-state index in [2.05, 4.69) is 31.2 Å². The Hall–Kier alpha value is -1.65. The van der Waals surface area contributed by atoms with Crippen LogP contribution in [-0.4, -0.2) is 31.7 Å². The Morgan fingerprint density at radius 3 is 2.09 bits per heavy atom. The predicted molar refractivity (Wildman–Crippen MR) is 93.0 cm³/mol. The van der Waals surface area contributed by atoms with Crippen molar-refractivity contribution >= 4 is 11.8 Å². The molecule has 3 nitrogen and oxygen atoms in total. The zero-order chi connectivity index (χ0) is 15.9. The lowest BCUT2D eigenvalue weighted by Gasteiger charge is -2.16. The first-order chi connectivity index (χ1) is 10.7. The molecule has 0 saturated carbocycles. The van der Waals surface area contributed by atoms with Crippen molar-refractivity contribution in [3.05, 3.63) is 47.5 Å². The lowest BCUT2D eigenvalue weighted by atomic mass is 10.0. The quantitative estimate of drug-likeness (QED) is 0.786. The van der Waals surface area contributed by atoms with E-state index in [1.54, 1.807) is 26.0 Å². The summed E-state index contributed by atoms with van der Waals surface area (Å²) in [6.45, 7) is 2.26. The number of ether oxygens (including phenoxy) is 2. The molecule has 1 N–H and O–H groups in total. The molecule has 0 aliphatic carbocycles. The van der Waals surface area contributed by atoms with Crippen LogP contribution in [0.15, 0.2) is 36.4 Å². The van der Waals surface area contributed by atoms with Gasteiger partial charge in [-0.25, -0.2) is 0 Å². The normalized spacial score (nSPS) is 10.5. The molecule has 2 rings (SSSR count). The zero-order valence-corrected chi connectivity index (χ0v) is 14.1. The van der Waals surface area contributed by atoms with Crippen molar-refractivity contribution in [3.8, 4) is 22.6 Å². The minimum Gasteiger partial charge on any atom is -0.496 e. The number of hydrogen-bond acceptors (Lipinski definition) is 4. The SMILES string of the molecule is COc1cc(CSCCO)cc(OC)c1-c1ccc(C)cc1. The van der Waals surface area contributed by atoms with Gasteiger partial charge in [-0.1, -0.05) is 29.8 Å². The molecule has 0 unspecified atom stereocenters. The smallest absolute Gasteiger partial charge is 0.130 e. The monoisotopic (exact) mass is 318 g/mol. The van der Waals surface area contributed by atoms with Crippen LogP contribution in [0, 0.1) is 6.92 Å². The predicted octanol–water partition coefficient (Wildman–Crippen LogP) is 3.90. The number of methoxy groups -OCH3 is 2. The second kappa shape index (κ2) is 8.11. The van der Waals surface area contributed by atoms with Crippen LogP contribution in [0.5, 0.6) is 11.5 Å². The summed E-state index contributed by atoms with van der Waals surface area (Å²) in [5, 5.41) is 8.89. The Kier molecular flexibility index (Phi) is 6.16. The van der Waals surface area contributed by atoms with Gasteiger partial charge in [-0.3, -0.25) is 0 Å². The summed E-state index contributed by atoms with van der Waals surface area (Å²) in [6, 6.07) is 12.4. The summed E-state index contributed by atoms with van der Waals surface area (Å²) in [4.78, 5) is 0. The maximum atomic E-state index is 8.89. The number of aliphatic hydroxyl groups excluding tert-OH is 1. The second-order valence-electron chi connectivity index (χ2n) is 5.02. The minimum absolute atomic E-state index is 0.195. The van der Waals surface area contributed by atoms with Gasteiger partial charge in [0.05, 0.1) is 26.4 Å². The van der Waals surface area contributed by atoms with E-state index in [-0.39, 0.29) is 6.61 Å². The zero-order valence-electron chi connectivity index (χ0n) is 13.3. The van der Waals surface area contributed by atoms with E-state index in [1.807, 2.05) is 12.1 Å².